The fourth-order valence-electron chi connectivity index (χ4n) is 2.14. The fourth-order valence-corrected chi connectivity index (χ4v) is 2.14. The van der Waals surface area contributed by atoms with Crippen molar-refractivity contribution in [1.29, 1.82) is 0 Å². The Kier molecular flexibility index (Phi) is 4.74. The van der Waals surface area contributed by atoms with Gasteiger partial charge in [-0.25, -0.2) is 4.98 Å². The van der Waals surface area contributed by atoms with Crippen LogP contribution in [0.25, 0.3) is 0 Å². The van der Waals surface area contributed by atoms with Gasteiger partial charge in [0.25, 0.3) is 5.91 Å². The molecule has 0 spiro atoms. The minimum Gasteiger partial charge on any atom is -0.505 e. The Labute approximate surface area is 122 Å². The Hall–Kier alpha value is -2.15. The fraction of sp³-hybridized carbons (Fsp3) is 0.500. The van der Waals surface area contributed by atoms with Crippen LogP contribution in [0.2, 0.25) is 0 Å². The van der Waals surface area contributed by atoms with Crippen molar-refractivity contribution in [2.24, 2.45) is 0 Å². The van der Waals surface area contributed by atoms with Gasteiger partial charge in [0, 0.05) is 18.8 Å². The highest BCUT2D eigenvalue weighted by molar-refractivity contribution is 5.98. The maximum atomic E-state index is 12.5. The van der Waals surface area contributed by atoms with Crippen LogP contribution in [-0.4, -0.2) is 58.6 Å². The second-order valence-corrected chi connectivity index (χ2v) is 5.12. The molecule has 1 atom stereocenters. The maximum absolute atomic E-state index is 12.5. The Morgan fingerprint density at radius 3 is 2.95 bits per heavy atom. The highest BCUT2D eigenvalue weighted by atomic mass is 16.5. The Balaban J connectivity index is 2.20. The summed E-state index contributed by atoms with van der Waals surface area (Å²) in [7, 11) is 0. The molecule has 2 amide bonds. The number of carbonyl (C=O) groups is 2. The molecule has 2 rings (SSSR count). The molecular weight excluding hydrogens is 274 g/mol. The molecule has 0 radical (unpaired) electrons. The zero-order valence-corrected chi connectivity index (χ0v) is 12.1. The summed E-state index contributed by atoms with van der Waals surface area (Å²) < 4.78 is 5.29. The molecule has 1 aliphatic heterocycles. The molecule has 21 heavy (non-hydrogen) atoms. The van der Waals surface area contributed by atoms with Crippen molar-refractivity contribution >= 4 is 11.8 Å². The van der Waals surface area contributed by atoms with Gasteiger partial charge in [-0.3, -0.25) is 9.59 Å². The molecule has 1 aromatic heterocycles. The van der Waals surface area contributed by atoms with E-state index in [9.17, 15) is 14.7 Å². The number of carbonyl (C=O) groups excluding carboxylic acids is 2. The SMILES string of the molecule is CC(C)NC(=O)C1COCCN1C(=O)c1ncccc1O. The quantitative estimate of drug-likeness (QED) is 0.828. The van der Waals surface area contributed by atoms with Crippen molar-refractivity contribution in [2.45, 2.75) is 25.9 Å². The van der Waals surface area contributed by atoms with Gasteiger partial charge in [-0.1, -0.05) is 0 Å². The van der Waals surface area contributed by atoms with Crippen LogP contribution in [0.3, 0.4) is 0 Å². The minimum absolute atomic E-state index is 0.0281. The molecule has 1 unspecified atom stereocenters. The number of amides is 2. The third-order valence-corrected chi connectivity index (χ3v) is 3.11. The van der Waals surface area contributed by atoms with E-state index in [1.54, 1.807) is 0 Å². The van der Waals surface area contributed by atoms with Crippen LogP contribution in [-0.2, 0) is 9.53 Å². The van der Waals surface area contributed by atoms with Gasteiger partial charge in [0.2, 0.25) is 5.91 Å². The van der Waals surface area contributed by atoms with Crippen molar-refractivity contribution < 1.29 is 19.4 Å². The Bertz CT molecular complexity index is 533. The number of ether oxygens (including phenoxy) is 1. The lowest BCUT2D eigenvalue weighted by Gasteiger charge is -2.34. The van der Waals surface area contributed by atoms with Crippen molar-refractivity contribution in [3.8, 4) is 5.75 Å². The topological polar surface area (TPSA) is 91.8 Å². The second kappa shape index (κ2) is 6.53. The number of nitrogens with zero attached hydrogens (tertiary/aromatic N) is 2. The number of morpholine rings is 1. The van der Waals surface area contributed by atoms with Crippen LogP contribution in [0.5, 0.6) is 5.75 Å². The van der Waals surface area contributed by atoms with Gasteiger partial charge >= 0.3 is 0 Å². The first kappa shape index (κ1) is 15.2. The zero-order valence-electron chi connectivity index (χ0n) is 12.1. The van der Waals surface area contributed by atoms with Gasteiger partial charge in [-0.15, -0.1) is 0 Å². The first-order valence-corrected chi connectivity index (χ1v) is 6.83. The van der Waals surface area contributed by atoms with Crippen LogP contribution in [0.15, 0.2) is 18.3 Å². The van der Waals surface area contributed by atoms with E-state index in [0.29, 0.717) is 6.61 Å². The molecule has 7 nitrogen and oxygen atoms in total. The third-order valence-electron chi connectivity index (χ3n) is 3.11. The maximum Gasteiger partial charge on any atom is 0.277 e. The predicted octanol–water partition coefficient (Wildman–Crippen LogP) is 0.153. The Morgan fingerprint density at radius 2 is 2.29 bits per heavy atom. The number of pyridine rings is 1. The van der Waals surface area contributed by atoms with Crippen LogP contribution in [0.1, 0.15) is 24.3 Å². The highest BCUT2D eigenvalue weighted by Gasteiger charge is 2.34. The van der Waals surface area contributed by atoms with Gasteiger partial charge in [0.1, 0.15) is 11.8 Å². The molecule has 0 aromatic carbocycles. The number of aromatic nitrogens is 1. The summed E-state index contributed by atoms with van der Waals surface area (Å²) in [6, 6.07) is 2.19. The highest BCUT2D eigenvalue weighted by Crippen LogP contribution is 2.18. The molecule has 0 saturated carbocycles. The molecule has 1 fully saturated rings. The number of hydrogen-bond acceptors (Lipinski definition) is 5. The average Bonchev–Trinajstić information content (AvgIpc) is 2.46. The molecule has 1 saturated heterocycles. The van der Waals surface area contributed by atoms with Gasteiger partial charge in [0.05, 0.1) is 13.2 Å². The first-order chi connectivity index (χ1) is 10.0. The summed E-state index contributed by atoms with van der Waals surface area (Å²) in [5, 5.41) is 12.5. The lowest BCUT2D eigenvalue weighted by Crippen LogP contribution is -2.56. The smallest absolute Gasteiger partial charge is 0.277 e. The largest absolute Gasteiger partial charge is 0.505 e. The molecule has 0 aliphatic carbocycles. The summed E-state index contributed by atoms with van der Waals surface area (Å²) in [5.74, 6) is -0.939. The van der Waals surface area contributed by atoms with Gasteiger partial charge in [-0.05, 0) is 26.0 Å². The van der Waals surface area contributed by atoms with E-state index in [4.69, 9.17) is 4.74 Å². The van der Waals surface area contributed by atoms with E-state index < -0.39 is 11.9 Å². The second-order valence-electron chi connectivity index (χ2n) is 5.12. The third kappa shape index (κ3) is 3.49. The Morgan fingerprint density at radius 1 is 1.52 bits per heavy atom. The molecule has 1 aliphatic rings. The van der Waals surface area contributed by atoms with E-state index in [1.165, 1.54) is 23.2 Å². The molecule has 7 heteroatoms. The monoisotopic (exact) mass is 293 g/mol. The van der Waals surface area contributed by atoms with E-state index in [1.807, 2.05) is 13.8 Å². The van der Waals surface area contributed by atoms with Crippen molar-refractivity contribution in [2.75, 3.05) is 19.8 Å². The number of aromatic hydroxyl groups is 1. The molecular formula is C14H19N3O4. The molecule has 0 bridgehead atoms. The number of rotatable bonds is 3. The van der Waals surface area contributed by atoms with Crippen LogP contribution in [0.4, 0.5) is 0 Å². The van der Waals surface area contributed by atoms with Crippen molar-refractivity contribution in [1.82, 2.24) is 15.2 Å². The first-order valence-electron chi connectivity index (χ1n) is 6.83. The summed E-state index contributed by atoms with van der Waals surface area (Å²) in [5.41, 5.74) is -0.0539. The van der Waals surface area contributed by atoms with Crippen molar-refractivity contribution in [3.05, 3.63) is 24.0 Å². The van der Waals surface area contributed by atoms with Crippen molar-refractivity contribution in [3.63, 3.8) is 0 Å². The standard InChI is InChI=1S/C14H19N3O4/c1-9(2)16-13(19)10-8-21-7-6-17(10)14(20)12-11(18)4-3-5-15-12/h3-5,9-10,18H,6-8H2,1-2H3,(H,16,19). The minimum atomic E-state index is -0.713. The summed E-state index contributed by atoms with van der Waals surface area (Å²) in [6.07, 6.45) is 1.43. The van der Waals surface area contributed by atoms with E-state index in [0.717, 1.165) is 0 Å². The number of hydrogen-bond donors (Lipinski definition) is 2. The van der Waals surface area contributed by atoms with Crippen LogP contribution >= 0.6 is 0 Å². The molecule has 2 heterocycles. The molecule has 114 valence electrons. The normalized spacial score (nSPS) is 18.6. The number of nitrogens with one attached hydrogen (secondary N) is 1. The lowest BCUT2D eigenvalue weighted by atomic mass is 10.1. The van der Waals surface area contributed by atoms with Gasteiger partial charge < -0.3 is 20.1 Å². The van der Waals surface area contributed by atoms with Crippen LogP contribution < -0.4 is 5.32 Å². The van der Waals surface area contributed by atoms with E-state index >= 15 is 0 Å². The van der Waals surface area contributed by atoms with E-state index in [-0.39, 0.29) is 36.5 Å². The summed E-state index contributed by atoms with van der Waals surface area (Å²) >= 11 is 0. The van der Waals surface area contributed by atoms with Crippen LogP contribution in [0, 0.1) is 0 Å². The predicted molar refractivity (Wildman–Crippen MR) is 74.8 cm³/mol. The summed E-state index contributed by atoms with van der Waals surface area (Å²) in [4.78, 5) is 29.9. The van der Waals surface area contributed by atoms with Gasteiger partial charge in [-0.2, -0.15) is 0 Å². The van der Waals surface area contributed by atoms with E-state index in [2.05, 4.69) is 10.3 Å². The molecule has 2 N–H and O–H groups in total. The average molecular weight is 293 g/mol. The summed E-state index contributed by atoms with van der Waals surface area (Å²) in [6.45, 7) is 4.46. The lowest BCUT2D eigenvalue weighted by molar-refractivity contribution is -0.131. The molecule has 1 aromatic rings. The van der Waals surface area contributed by atoms with Gasteiger partial charge in [0.15, 0.2) is 5.69 Å². The zero-order chi connectivity index (χ0) is 15.4.